The first-order valence-corrected chi connectivity index (χ1v) is 17.0. The fourth-order valence-corrected chi connectivity index (χ4v) is 7.58. The Morgan fingerprint density at radius 2 is 1.77 bits per heavy atom. The van der Waals surface area contributed by atoms with E-state index < -0.39 is 5.66 Å². The maximum absolute atomic E-state index is 11.8. The molecule has 1 aliphatic carbocycles. The molecule has 1 fully saturated rings. The number of hydrogen-bond donors (Lipinski definition) is 1. The number of nitrogens with one attached hydrogen (secondary N) is 1. The van der Waals surface area contributed by atoms with Crippen molar-refractivity contribution in [3.05, 3.63) is 71.7 Å². The van der Waals surface area contributed by atoms with Crippen molar-refractivity contribution < 1.29 is 11.0 Å². The predicted octanol–water partition coefficient (Wildman–Crippen LogP) is 6.44. The maximum atomic E-state index is 11.8. The molecular formula is C38H48N8O2. The minimum atomic E-state index is -0.491. The fraction of sp³-hybridized carbons (Fsp3) is 0.421. The highest BCUT2D eigenvalue weighted by Gasteiger charge is 2.34. The van der Waals surface area contributed by atoms with E-state index in [1.54, 1.807) is 14.0 Å². The molecule has 10 heteroatoms. The number of hydrogen-bond acceptors (Lipinski definition) is 7. The van der Waals surface area contributed by atoms with Gasteiger partial charge < -0.3 is 19.9 Å². The van der Waals surface area contributed by atoms with Crippen LogP contribution in [0.2, 0.25) is 0 Å². The van der Waals surface area contributed by atoms with E-state index in [0.717, 1.165) is 80.1 Å². The third kappa shape index (κ3) is 6.00. The number of amides is 1. The van der Waals surface area contributed by atoms with Gasteiger partial charge in [-0.15, -0.1) is 0 Å². The SMILES string of the molecule is COc1cc(N2CCN(C(C)=O)CC2)ccc1NC1(C)CCC(C)C2=C(/C=N\1)CCc1nn(C)c(-c3ccc(-c4cnn(C)c4)cc3)c12.[HH]. The van der Waals surface area contributed by atoms with Gasteiger partial charge in [0.2, 0.25) is 5.91 Å². The summed E-state index contributed by atoms with van der Waals surface area (Å²) in [6.07, 6.45) is 9.74. The lowest BCUT2D eigenvalue weighted by Gasteiger charge is -2.36. The molecule has 3 aliphatic rings. The van der Waals surface area contributed by atoms with Gasteiger partial charge in [-0.3, -0.25) is 19.2 Å². The topological polar surface area (TPSA) is 92.8 Å². The van der Waals surface area contributed by atoms with Gasteiger partial charge in [-0.2, -0.15) is 10.2 Å². The Balaban J connectivity index is 0.00000417. The molecule has 0 saturated carbocycles. The molecule has 2 atom stereocenters. The van der Waals surface area contributed by atoms with E-state index in [1.807, 2.05) is 29.0 Å². The number of ether oxygens (including phenoxy) is 1. The van der Waals surface area contributed by atoms with Crippen molar-refractivity contribution in [3.8, 4) is 28.1 Å². The number of carbonyl (C=O) groups is 1. The van der Waals surface area contributed by atoms with Crippen LogP contribution in [0.1, 0.15) is 52.7 Å². The number of rotatable bonds is 6. The van der Waals surface area contributed by atoms with Gasteiger partial charge in [-0.1, -0.05) is 31.2 Å². The molecule has 0 spiro atoms. The van der Waals surface area contributed by atoms with Crippen molar-refractivity contribution in [1.29, 1.82) is 0 Å². The molecule has 0 radical (unpaired) electrons. The van der Waals surface area contributed by atoms with Crippen LogP contribution in [-0.4, -0.2) is 75.5 Å². The maximum Gasteiger partial charge on any atom is 0.219 e. The van der Waals surface area contributed by atoms with Crippen molar-refractivity contribution in [2.75, 3.05) is 43.5 Å². The van der Waals surface area contributed by atoms with Crippen molar-refractivity contribution in [2.24, 2.45) is 25.0 Å². The summed E-state index contributed by atoms with van der Waals surface area (Å²) in [7, 11) is 5.73. The zero-order valence-corrected chi connectivity index (χ0v) is 29.0. The number of methoxy groups -OCH3 is 1. The molecule has 2 aliphatic heterocycles. The van der Waals surface area contributed by atoms with E-state index in [9.17, 15) is 4.79 Å². The third-order valence-corrected chi connectivity index (χ3v) is 10.3. The predicted molar refractivity (Wildman–Crippen MR) is 195 cm³/mol. The van der Waals surface area contributed by atoms with E-state index in [4.69, 9.17) is 14.8 Å². The largest absolute Gasteiger partial charge is 0.495 e. The molecule has 10 nitrogen and oxygen atoms in total. The molecule has 2 aromatic carbocycles. The molecular weight excluding hydrogens is 600 g/mol. The van der Waals surface area contributed by atoms with Gasteiger partial charge in [0.05, 0.1) is 30.4 Å². The quantitative estimate of drug-likeness (QED) is 0.259. The van der Waals surface area contributed by atoms with E-state index in [1.165, 1.54) is 33.7 Å². The lowest BCUT2D eigenvalue weighted by molar-refractivity contribution is -0.129. The highest BCUT2D eigenvalue weighted by atomic mass is 16.5. The van der Waals surface area contributed by atoms with Crippen molar-refractivity contribution in [2.45, 2.75) is 52.1 Å². The minimum absolute atomic E-state index is 0. The molecule has 252 valence electrons. The highest BCUT2D eigenvalue weighted by Crippen LogP contribution is 2.45. The van der Waals surface area contributed by atoms with E-state index in [2.05, 4.69) is 89.6 Å². The van der Waals surface area contributed by atoms with Crippen LogP contribution in [0.15, 0.2) is 65.4 Å². The summed E-state index contributed by atoms with van der Waals surface area (Å²) in [4.78, 5) is 21.3. The summed E-state index contributed by atoms with van der Waals surface area (Å²) in [6, 6.07) is 15.1. The van der Waals surface area contributed by atoms with Gasteiger partial charge in [-0.05, 0) is 67.4 Å². The van der Waals surface area contributed by atoms with Gasteiger partial charge in [-0.25, -0.2) is 0 Å². The van der Waals surface area contributed by atoms with Crippen LogP contribution in [0.4, 0.5) is 11.4 Å². The smallest absolute Gasteiger partial charge is 0.219 e. The molecule has 4 aromatic rings. The Morgan fingerprint density at radius 1 is 1.02 bits per heavy atom. The second kappa shape index (κ2) is 12.6. The number of anilines is 2. The van der Waals surface area contributed by atoms with E-state index in [0.29, 0.717) is 5.92 Å². The second-order valence-corrected chi connectivity index (χ2v) is 13.7. The first-order chi connectivity index (χ1) is 23.1. The lowest BCUT2D eigenvalue weighted by Crippen LogP contribution is -2.48. The molecule has 7 rings (SSSR count). The zero-order valence-electron chi connectivity index (χ0n) is 29.0. The summed E-state index contributed by atoms with van der Waals surface area (Å²) in [5, 5.41) is 13.1. The van der Waals surface area contributed by atoms with Gasteiger partial charge in [0, 0.05) is 89.5 Å². The third-order valence-electron chi connectivity index (χ3n) is 10.3. The first-order valence-electron chi connectivity index (χ1n) is 17.0. The Hall–Kier alpha value is -4.86. The Labute approximate surface area is 284 Å². The zero-order chi connectivity index (χ0) is 33.6. The Bertz CT molecular complexity index is 1900. The molecule has 4 heterocycles. The van der Waals surface area contributed by atoms with Crippen LogP contribution in [0.25, 0.3) is 28.0 Å². The fourth-order valence-electron chi connectivity index (χ4n) is 7.58. The standard InChI is InChI=1S/C38H46N8O2.H2/c1-25-15-16-38(3,41-32-14-12-31(21-34(32)48-6)46-19-17-45(18-20-46)26(2)47)39-22-29-11-13-33-36(35(25)29)37(44(5)42-33)28-9-7-27(8-10-28)30-23-40-43(4)24-30;/h7-10,12,14,21-25,41H,11,13,15-20H2,1-6H3;1H/b39-22-;. The van der Waals surface area contributed by atoms with E-state index >= 15 is 0 Å². The number of benzene rings is 2. The van der Waals surface area contributed by atoms with Crippen LogP contribution >= 0.6 is 0 Å². The summed E-state index contributed by atoms with van der Waals surface area (Å²) >= 11 is 0. The first kappa shape index (κ1) is 31.7. The Morgan fingerprint density at radius 3 is 2.46 bits per heavy atom. The summed E-state index contributed by atoms with van der Waals surface area (Å²) < 4.78 is 9.78. The van der Waals surface area contributed by atoms with Gasteiger partial charge >= 0.3 is 0 Å². The Kier molecular flexibility index (Phi) is 8.35. The van der Waals surface area contributed by atoms with Crippen molar-refractivity contribution in [1.82, 2.24) is 24.5 Å². The minimum Gasteiger partial charge on any atom is -0.495 e. The summed E-state index contributed by atoms with van der Waals surface area (Å²) in [6.45, 7) is 9.27. The van der Waals surface area contributed by atoms with Gasteiger partial charge in [0.15, 0.2) is 0 Å². The number of aliphatic imine (C=N–C) groups is 1. The van der Waals surface area contributed by atoms with Gasteiger partial charge in [0.1, 0.15) is 11.4 Å². The second-order valence-electron chi connectivity index (χ2n) is 13.7. The summed E-state index contributed by atoms with van der Waals surface area (Å²) in [5.41, 5.74) is 11.3. The number of nitrogens with zero attached hydrogens (tertiary/aromatic N) is 7. The highest BCUT2D eigenvalue weighted by molar-refractivity contribution is 5.97. The van der Waals surface area contributed by atoms with E-state index in [-0.39, 0.29) is 7.33 Å². The van der Waals surface area contributed by atoms with Crippen molar-refractivity contribution >= 4 is 29.1 Å². The van der Waals surface area contributed by atoms with Crippen molar-refractivity contribution in [3.63, 3.8) is 0 Å². The van der Waals surface area contributed by atoms with Crippen LogP contribution in [-0.2, 0) is 25.3 Å². The van der Waals surface area contributed by atoms with Crippen LogP contribution in [0.5, 0.6) is 5.75 Å². The number of aromatic nitrogens is 4. The van der Waals surface area contributed by atoms with Crippen LogP contribution < -0.4 is 15.0 Å². The van der Waals surface area contributed by atoms with Crippen LogP contribution in [0.3, 0.4) is 0 Å². The monoisotopic (exact) mass is 648 g/mol. The lowest BCUT2D eigenvalue weighted by atomic mass is 9.78. The van der Waals surface area contributed by atoms with Crippen LogP contribution in [0, 0.1) is 5.92 Å². The number of aryl methyl sites for hydroxylation is 3. The average Bonchev–Trinajstić information content (AvgIpc) is 3.68. The molecule has 0 bridgehead atoms. The number of fused-ring (bicyclic) bond motifs is 2. The summed E-state index contributed by atoms with van der Waals surface area (Å²) in [5.74, 6) is 1.27. The number of piperazine rings is 1. The molecule has 2 unspecified atom stereocenters. The molecule has 48 heavy (non-hydrogen) atoms. The molecule has 1 amide bonds. The molecule has 2 aromatic heterocycles. The number of carbonyl (C=O) groups excluding carboxylic acids is 1. The normalized spacial score (nSPS) is 21.7. The average molecular weight is 649 g/mol. The van der Waals surface area contributed by atoms with Gasteiger partial charge in [0.25, 0.3) is 0 Å². The molecule has 1 N–H and O–H groups in total. The molecule has 1 saturated heterocycles. The number of allylic oxidation sites excluding steroid dienone is 2.